The van der Waals surface area contributed by atoms with Crippen LogP contribution in [0.15, 0.2) is 57.6 Å². The van der Waals surface area contributed by atoms with Crippen molar-refractivity contribution in [2.75, 3.05) is 19.5 Å². The number of fused-ring (bicyclic) bond motifs is 1. The second kappa shape index (κ2) is 7.77. The van der Waals surface area contributed by atoms with E-state index in [9.17, 15) is 13.2 Å². The smallest absolute Gasteiger partial charge is 0.225 e. The maximum atomic E-state index is 13.3. The summed E-state index contributed by atoms with van der Waals surface area (Å²) in [6.45, 7) is 1.90. The molecule has 1 N–H and O–H groups in total. The van der Waals surface area contributed by atoms with Crippen LogP contribution in [0.5, 0.6) is 11.5 Å². The molecular formula is C22H21NO5S2. The summed E-state index contributed by atoms with van der Waals surface area (Å²) in [5.41, 5.74) is 2.11. The lowest BCUT2D eigenvalue weighted by Crippen LogP contribution is -2.23. The number of nitrogens with one attached hydrogen (secondary N) is 1. The number of rotatable bonds is 5. The van der Waals surface area contributed by atoms with E-state index in [0.29, 0.717) is 17.2 Å². The molecule has 2 heterocycles. The predicted molar refractivity (Wildman–Crippen MR) is 116 cm³/mol. The van der Waals surface area contributed by atoms with Crippen molar-refractivity contribution in [1.29, 1.82) is 0 Å². The molecule has 1 amide bonds. The molecular weight excluding hydrogens is 422 g/mol. The van der Waals surface area contributed by atoms with Gasteiger partial charge in [-0.05, 0) is 25.1 Å². The molecule has 1 aromatic heterocycles. The number of hydrogen-bond donors (Lipinski definition) is 1. The Kier molecular flexibility index (Phi) is 5.29. The highest BCUT2D eigenvalue weighted by Gasteiger charge is 2.36. The Balaban J connectivity index is 1.85. The number of carbonyl (C=O) groups excluding carboxylic acids is 1. The zero-order valence-corrected chi connectivity index (χ0v) is 18.4. The average molecular weight is 444 g/mol. The lowest BCUT2D eigenvalue weighted by molar-refractivity contribution is -0.116. The SMILES string of the molecule is COc1cccc([C@H]2CC(=O)Nc3c(S(=O)(=O)c4ccc(C)cc4)csc32)c1OC. The molecule has 0 aliphatic carbocycles. The number of benzene rings is 2. The molecule has 2 aromatic carbocycles. The third-order valence-electron chi connectivity index (χ3n) is 5.19. The van der Waals surface area contributed by atoms with Gasteiger partial charge in [-0.25, -0.2) is 8.42 Å². The number of anilines is 1. The van der Waals surface area contributed by atoms with Crippen molar-refractivity contribution < 1.29 is 22.7 Å². The van der Waals surface area contributed by atoms with E-state index in [-0.39, 0.29) is 28.0 Å². The summed E-state index contributed by atoms with van der Waals surface area (Å²) in [7, 11) is -0.670. The molecule has 0 fully saturated rings. The second-order valence-corrected chi connectivity index (χ2v) is 9.87. The molecule has 4 rings (SSSR count). The highest BCUT2D eigenvalue weighted by Crippen LogP contribution is 2.49. The average Bonchev–Trinajstić information content (AvgIpc) is 3.17. The highest BCUT2D eigenvalue weighted by atomic mass is 32.2. The molecule has 156 valence electrons. The van der Waals surface area contributed by atoms with Crippen molar-refractivity contribution in [3.8, 4) is 11.5 Å². The van der Waals surface area contributed by atoms with Gasteiger partial charge in [-0.2, -0.15) is 0 Å². The van der Waals surface area contributed by atoms with Gasteiger partial charge in [-0.3, -0.25) is 4.79 Å². The molecule has 0 saturated carbocycles. The van der Waals surface area contributed by atoms with E-state index in [0.717, 1.165) is 16.0 Å². The first-order valence-corrected chi connectivity index (χ1v) is 11.7. The third kappa shape index (κ3) is 3.36. The lowest BCUT2D eigenvalue weighted by Gasteiger charge is -2.25. The molecule has 8 heteroatoms. The van der Waals surface area contributed by atoms with Gasteiger partial charge >= 0.3 is 0 Å². The van der Waals surface area contributed by atoms with E-state index in [4.69, 9.17) is 9.47 Å². The number of sulfone groups is 1. The minimum absolute atomic E-state index is 0.117. The summed E-state index contributed by atoms with van der Waals surface area (Å²) >= 11 is 1.32. The lowest BCUT2D eigenvalue weighted by atomic mass is 9.89. The highest BCUT2D eigenvalue weighted by molar-refractivity contribution is 7.91. The number of hydrogen-bond acceptors (Lipinski definition) is 6. The van der Waals surface area contributed by atoms with E-state index in [1.54, 1.807) is 49.9 Å². The van der Waals surface area contributed by atoms with Crippen molar-refractivity contribution >= 4 is 32.8 Å². The molecule has 0 unspecified atom stereocenters. The van der Waals surface area contributed by atoms with Crippen molar-refractivity contribution in [2.24, 2.45) is 0 Å². The summed E-state index contributed by atoms with van der Waals surface area (Å²) in [6, 6.07) is 12.2. The number of amides is 1. The maximum Gasteiger partial charge on any atom is 0.225 e. The standard InChI is InChI=1S/C22H21NO5S2/c1-13-7-9-14(10-8-13)30(25,26)18-12-29-22-16(11-19(24)23-20(18)22)15-5-4-6-17(27-2)21(15)28-3/h4-10,12,16H,11H2,1-3H3,(H,23,24)/t16-/m1/s1. The van der Waals surface area contributed by atoms with Crippen molar-refractivity contribution in [1.82, 2.24) is 0 Å². The third-order valence-corrected chi connectivity index (χ3v) is 8.22. The van der Waals surface area contributed by atoms with Crippen molar-refractivity contribution in [3.05, 3.63) is 63.8 Å². The summed E-state index contributed by atoms with van der Waals surface area (Å²) in [5, 5.41) is 4.38. The van der Waals surface area contributed by atoms with E-state index < -0.39 is 9.84 Å². The minimum atomic E-state index is -3.77. The van der Waals surface area contributed by atoms with Crippen LogP contribution in [0.2, 0.25) is 0 Å². The Morgan fingerprint density at radius 2 is 1.80 bits per heavy atom. The van der Waals surface area contributed by atoms with Gasteiger partial charge in [0.15, 0.2) is 11.5 Å². The minimum Gasteiger partial charge on any atom is -0.493 e. The van der Waals surface area contributed by atoms with Crippen molar-refractivity contribution in [3.63, 3.8) is 0 Å². The number of para-hydroxylation sites is 1. The van der Waals surface area contributed by atoms with Crippen LogP contribution in [0.1, 0.15) is 28.3 Å². The van der Waals surface area contributed by atoms with Crippen LogP contribution in [-0.2, 0) is 14.6 Å². The van der Waals surface area contributed by atoms with Gasteiger partial charge in [0.05, 0.1) is 24.8 Å². The van der Waals surface area contributed by atoms with Gasteiger partial charge in [0, 0.05) is 28.2 Å². The zero-order valence-electron chi connectivity index (χ0n) is 16.8. The Bertz CT molecular complexity index is 1210. The molecule has 0 spiro atoms. The van der Waals surface area contributed by atoms with E-state index in [1.807, 2.05) is 19.1 Å². The summed E-state index contributed by atoms with van der Waals surface area (Å²) < 4.78 is 37.5. The molecule has 3 aromatic rings. The van der Waals surface area contributed by atoms with Crippen LogP contribution < -0.4 is 14.8 Å². The summed E-state index contributed by atoms with van der Waals surface area (Å²) in [5.74, 6) is 0.537. The van der Waals surface area contributed by atoms with Gasteiger partial charge in [-0.15, -0.1) is 11.3 Å². The number of aryl methyl sites for hydroxylation is 1. The van der Waals surface area contributed by atoms with Gasteiger partial charge in [0.1, 0.15) is 4.90 Å². The summed E-state index contributed by atoms with van der Waals surface area (Å²) in [4.78, 5) is 13.6. The van der Waals surface area contributed by atoms with Crippen molar-refractivity contribution in [2.45, 2.75) is 29.1 Å². The molecule has 1 aliphatic rings. The number of thiophene rings is 1. The molecule has 6 nitrogen and oxygen atoms in total. The largest absolute Gasteiger partial charge is 0.493 e. The predicted octanol–water partition coefficient (Wildman–Crippen LogP) is 4.38. The number of methoxy groups -OCH3 is 2. The van der Waals surface area contributed by atoms with Crippen LogP contribution in [0.4, 0.5) is 5.69 Å². The van der Waals surface area contributed by atoms with Crippen LogP contribution in [0.25, 0.3) is 0 Å². The number of carbonyl (C=O) groups is 1. The Morgan fingerprint density at radius 1 is 1.07 bits per heavy atom. The van der Waals surface area contributed by atoms with Gasteiger partial charge in [0.2, 0.25) is 15.7 Å². The zero-order chi connectivity index (χ0) is 21.5. The van der Waals surface area contributed by atoms with Crippen LogP contribution >= 0.6 is 11.3 Å². The maximum absolute atomic E-state index is 13.3. The van der Waals surface area contributed by atoms with Crippen LogP contribution in [0, 0.1) is 6.92 Å². The molecule has 0 bridgehead atoms. The first-order valence-electron chi connectivity index (χ1n) is 9.30. The Morgan fingerprint density at radius 3 is 2.47 bits per heavy atom. The van der Waals surface area contributed by atoms with E-state index >= 15 is 0 Å². The monoisotopic (exact) mass is 443 g/mol. The molecule has 30 heavy (non-hydrogen) atoms. The van der Waals surface area contributed by atoms with Crippen LogP contribution in [0.3, 0.4) is 0 Å². The van der Waals surface area contributed by atoms with Crippen LogP contribution in [-0.4, -0.2) is 28.5 Å². The fraction of sp³-hybridized carbons (Fsp3) is 0.227. The molecule has 0 saturated heterocycles. The van der Waals surface area contributed by atoms with Gasteiger partial charge in [-0.1, -0.05) is 29.8 Å². The first kappa shape index (κ1) is 20.4. The molecule has 1 aliphatic heterocycles. The topological polar surface area (TPSA) is 81.7 Å². The summed E-state index contributed by atoms with van der Waals surface area (Å²) in [6.07, 6.45) is 0.195. The van der Waals surface area contributed by atoms with Gasteiger partial charge < -0.3 is 14.8 Å². The Labute approximate surface area is 179 Å². The quantitative estimate of drug-likeness (QED) is 0.633. The van der Waals surface area contributed by atoms with E-state index in [2.05, 4.69) is 5.32 Å². The molecule has 1 atom stereocenters. The second-order valence-electron chi connectivity index (χ2n) is 7.04. The Hall–Kier alpha value is -2.84. The van der Waals surface area contributed by atoms with E-state index in [1.165, 1.54) is 11.3 Å². The number of ether oxygens (including phenoxy) is 2. The van der Waals surface area contributed by atoms with Gasteiger partial charge in [0.25, 0.3) is 0 Å². The normalized spacial score (nSPS) is 16.0. The molecule has 0 radical (unpaired) electrons. The fourth-order valence-corrected chi connectivity index (χ4v) is 6.58. The first-order chi connectivity index (χ1) is 14.4. The fourth-order valence-electron chi connectivity index (χ4n) is 3.68.